The minimum Gasteiger partial charge on any atom is -0.478 e. The van der Waals surface area contributed by atoms with Crippen molar-refractivity contribution in [2.45, 2.75) is 18.9 Å². The SMILES string of the molecule is O=C(O)c1c(Cl)ccc(Cl)c1NC(=O)C1CCCO1. The molecule has 0 bridgehead atoms. The number of anilines is 1. The number of ether oxygens (including phenoxy) is 1. The Labute approximate surface area is 119 Å². The van der Waals surface area contributed by atoms with Gasteiger partial charge >= 0.3 is 5.97 Å². The number of carbonyl (C=O) groups is 2. The number of benzene rings is 1. The van der Waals surface area contributed by atoms with Gasteiger partial charge in [-0.05, 0) is 25.0 Å². The molecule has 5 nitrogen and oxygen atoms in total. The van der Waals surface area contributed by atoms with Gasteiger partial charge in [-0.15, -0.1) is 0 Å². The van der Waals surface area contributed by atoms with E-state index in [1.807, 2.05) is 0 Å². The molecule has 1 aliphatic heterocycles. The fourth-order valence-electron chi connectivity index (χ4n) is 1.87. The highest BCUT2D eigenvalue weighted by Gasteiger charge is 2.26. The third-order valence-corrected chi connectivity index (χ3v) is 3.42. The number of nitrogens with one attached hydrogen (secondary N) is 1. The lowest BCUT2D eigenvalue weighted by Gasteiger charge is -2.14. The van der Waals surface area contributed by atoms with Crippen LogP contribution >= 0.6 is 23.2 Å². The Kier molecular flexibility index (Phi) is 4.29. The number of hydrogen-bond donors (Lipinski definition) is 2. The molecule has 7 heteroatoms. The van der Waals surface area contributed by atoms with E-state index in [0.29, 0.717) is 13.0 Å². The van der Waals surface area contributed by atoms with E-state index in [2.05, 4.69) is 5.32 Å². The standard InChI is InChI=1S/C12H11Cl2NO4/c13-6-3-4-7(14)10(9(6)12(17)18)15-11(16)8-2-1-5-19-8/h3-4,8H,1-2,5H2,(H,15,16)(H,17,18). The van der Waals surface area contributed by atoms with Crippen LogP contribution in [0.15, 0.2) is 12.1 Å². The number of carboxylic acids is 1. The summed E-state index contributed by atoms with van der Waals surface area (Å²) in [7, 11) is 0. The van der Waals surface area contributed by atoms with Gasteiger partial charge in [-0.2, -0.15) is 0 Å². The molecule has 2 N–H and O–H groups in total. The molecule has 1 aromatic rings. The van der Waals surface area contributed by atoms with Crippen LogP contribution in [0.1, 0.15) is 23.2 Å². The Morgan fingerprint density at radius 2 is 2.00 bits per heavy atom. The maximum atomic E-state index is 11.9. The Morgan fingerprint density at radius 1 is 1.32 bits per heavy atom. The molecular weight excluding hydrogens is 293 g/mol. The van der Waals surface area contributed by atoms with E-state index in [-0.39, 0.29) is 21.3 Å². The summed E-state index contributed by atoms with van der Waals surface area (Å²) < 4.78 is 5.22. The van der Waals surface area contributed by atoms with Gasteiger partial charge in [0.2, 0.25) is 0 Å². The molecule has 0 saturated carbocycles. The second-order valence-electron chi connectivity index (χ2n) is 4.08. The summed E-state index contributed by atoms with van der Waals surface area (Å²) in [4.78, 5) is 23.1. The van der Waals surface area contributed by atoms with Gasteiger partial charge in [0.25, 0.3) is 5.91 Å². The molecule has 1 heterocycles. The summed E-state index contributed by atoms with van der Waals surface area (Å²) in [6.07, 6.45) is 0.830. The third kappa shape index (κ3) is 3.00. The van der Waals surface area contributed by atoms with Crippen LogP contribution in [0.25, 0.3) is 0 Å². The lowest BCUT2D eigenvalue weighted by Crippen LogP contribution is -2.28. The van der Waals surface area contributed by atoms with Gasteiger partial charge in [-0.25, -0.2) is 4.79 Å². The van der Waals surface area contributed by atoms with Crippen molar-refractivity contribution in [3.8, 4) is 0 Å². The van der Waals surface area contributed by atoms with E-state index < -0.39 is 18.0 Å². The van der Waals surface area contributed by atoms with Gasteiger partial charge in [0.05, 0.1) is 15.7 Å². The largest absolute Gasteiger partial charge is 0.478 e. The van der Waals surface area contributed by atoms with E-state index in [1.54, 1.807) is 0 Å². The normalized spacial score (nSPS) is 18.3. The van der Waals surface area contributed by atoms with Gasteiger partial charge in [-0.3, -0.25) is 4.79 Å². The predicted molar refractivity (Wildman–Crippen MR) is 71.0 cm³/mol. The average molecular weight is 304 g/mol. The highest BCUT2D eigenvalue weighted by molar-refractivity contribution is 6.38. The van der Waals surface area contributed by atoms with Crippen molar-refractivity contribution < 1.29 is 19.4 Å². The zero-order valence-corrected chi connectivity index (χ0v) is 11.3. The van der Waals surface area contributed by atoms with Crippen molar-refractivity contribution in [3.05, 3.63) is 27.7 Å². The summed E-state index contributed by atoms with van der Waals surface area (Å²) in [6.45, 7) is 0.521. The maximum Gasteiger partial charge on any atom is 0.339 e. The Morgan fingerprint density at radius 3 is 2.58 bits per heavy atom. The van der Waals surface area contributed by atoms with Crippen molar-refractivity contribution in [2.24, 2.45) is 0 Å². The van der Waals surface area contributed by atoms with Crippen LogP contribution in [0.4, 0.5) is 5.69 Å². The second kappa shape index (κ2) is 5.77. The fraction of sp³-hybridized carbons (Fsp3) is 0.333. The molecule has 102 valence electrons. The molecule has 1 fully saturated rings. The minimum absolute atomic E-state index is 0.00201. The summed E-state index contributed by atoms with van der Waals surface area (Å²) in [5.74, 6) is -1.67. The summed E-state index contributed by atoms with van der Waals surface area (Å²) >= 11 is 11.7. The number of halogens is 2. The quantitative estimate of drug-likeness (QED) is 0.900. The van der Waals surface area contributed by atoms with Gasteiger partial charge in [0.15, 0.2) is 0 Å². The highest BCUT2D eigenvalue weighted by Crippen LogP contribution is 2.32. The van der Waals surface area contributed by atoms with Crippen LogP contribution < -0.4 is 5.32 Å². The lowest BCUT2D eigenvalue weighted by molar-refractivity contribution is -0.124. The topological polar surface area (TPSA) is 75.6 Å². The zero-order chi connectivity index (χ0) is 14.0. The summed E-state index contributed by atoms with van der Waals surface area (Å²) in [6, 6.07) is 2.80. The number of aromatic carboxylic acids is 1. The molecule has 1 amide bonds. The molecule has 1 unspecified atom stereocenters. The first-order valence-corrected chi connectivity index (χ1v) is 6.40. The second-order valence-corrected chi connectivity index (χ2v) is 4.89. The van der Waals surface area contributed by atoms with E-state index >= 15 is 0 Å². The molecular formula is C12H11Cl2NO4. The van der Waals surface area contributed by atoms with Crippen LogP contribution in [-0.4, -0.2) is 29.7 Å². The molecule has 0 aliphatic carbocycles. The molecule has 0 spiro atoms. The van der Waals surface area contributed by atoms with E-state index in [9.17, 15) is 9.59 Å². The average Bonchev–Trinajstić information content (AvgIpc) is 2.87. The van der Waals surface area contributed by atoms with Crippen LogP contribution in [0.2, 0.25) is 10.0 Å². The highest BCUT2D eigenvalue weighted by atomic mass is 35.5. The summed E-state index contributed by atoms with van der Waals surface area (Å²) in [5, 5.41) is 11.7. The van der Waals surface area contributed by atoms with Crippen molar-refractivity contribution in [1.82, 2.24) is 0 Å². The Balaban J connectivity index is 2.30. The molecule has 19 heavy (non-hydrogen) atoms. The molecule has 0 aromatic heterocycles. The first-order valence-electron chi connectivity index (χ1n) is 5.64. The lowest BCUT2D eigenvalue weighted by atomic mass is 10.1. The van der Waals surface area contributed by atoms with Crippen LogP contribution in [0.5, 0.6) is 0 Å². The first-order chi connectivity index (χ1) is 9.00. The number of carboxylic acid groups (broad SMARTS) is 1. The smallest absolute Gasteiger partial charge is 0.339 e. The molecule has 1 aromatic carbocycles. The number of carbonyl (C=O) groups excluding carboxylic acids is 1. The molecule has 0 radical (unpaired) electrons. The van der Waals surface area contributed by atoms with Crippen LogP contribution in [0.3, 0.4) is 0 Å². The minimum atomic E-state index is -1.25. The maximum absolute atomic E-state index is 11.9. The Bertz CT molecular complexity index is 527. The van der Waals surface area contributed by atoms with Crippen LogP contribution in [0, 0.1) is 0 Å². The molecule has 2 rings (SSSR count). The van der Waals surface area contributed by atoms with Crippen molar-refractivity contribution in [2.75, 3.05) is 11.9 Å². The van der Waals surface area contributed by atoms with E-state index in [1.165, 1.54) is 12.1 Å². The van der Waals surface area contributed by atoms with Crippen LogP contribution in [-0.2, 0) is 9.53 Å². The van der Waals surface area contributed by atoms with Gasteiger partial charge in [-0.1, -0.05) is 23.2 Å². The molecule has 1 aliphatic rings. The van der Waals surface area contributed by atoms with Crippen molar-refractivity contribution in [3.63, 3.8) is 0 Å². The third-order valence-electron chi connectivity index (χ3n) is 2.79. The van der Waals surface area contributed by atoms with Crippen molar-refractivity contribution in [1.29, 1.82) is 0 Å². The van der Waals surface area contributed by atoms with Gasteiger partial charge in [0, 0.05) is 6.61 Å². The summed E-state index contributed by atoms with van der Waals surface area (Å²) in [5.41, 5.74) is -0.220. The van der Waals surface area contributed by atoms with Crippen molar-refractivity contribution >= 4 is 40.8 Å². The van der Waals surface area contributed by atoms with Gasteiger partial charge < -0.3 is 15.2 Å². The number of hydrogen-bond acceptors (Lipinski definition) is 3. The molecule has 1 saturated heterocycles. The fourth-order valence-corrected chi connectivity index (χ4v) is 2.31. The van der Waals surface area contributed by atoms with E-state index in [4.69, 9.17) is 33.0 Å². The van der Waals surface area contributed by atoms with Gasteiger partial charge in [0.1, 0.15) is 11.7 Å². The molecule has 1 atom stereocenters. The Hall–Kier alpha value is -1.30. The monoisotopic (exact) mass is 303 g/mol. The zero-order valence-electron chi connectivity index (χ0n) is 9.78. The number of rotatable bonds is 3. The van der Waals surface area contributed by atoms with E-state index in [0.717, 1.165) is 6.42 Å². The predicted octanol–water partition coefficient (Wildman–Crippen LogP) is 2.81. The number of amides is 1. The first kappa shape index (κ1) is 14.1.